The highest BCUT2D eigenvalue weighted by Crippen LogP contribution is 2.29. The molecule has 92 valence electrons. The number of hydrogen-bond acceptors (Lipinski definition) is 3. The van der Waals surface area contributed by atoms with Crippen LogP contribution in [0.2, 0.25) is 0 Å². The number of hydrogen-bond donors (Lipinski definition) is 2. The second-order valence-corrected chi connectivity index (χ2v) is 3.98. The Labute approximate surface area is 105 Å². The second-order valence-electron chi connectivity index (χ2n) is 3.98. The van der Waals surface area contributed by atoms with Crippen molar-refractivity contribution in [2.75, 3.05) is 5.73 Å². The molecular formula is C14H14N2O2. The molecule has 0 atom stereocenters. The molecule has 18 heavy (non-hydrogen) atoms. The van der Waals surface area contributed by atoms with E-state index < -0.39 is 5.91 Å². The molecule has 2 rings (SSSR count). The Kier molecular flexibility index (Phi) is 3.19. The average Bonchev–Trinajstić information content (AvgIpc) is 2.35. The van der Waals surface area contributed by atoms with E-state index in [2.05, 4.69) is 0 Å². The molecule has 1 amide bonds. The third kappa shape index (κ3) is 2.43. The zero-order chi connectivity index (χ0) is 13.1. The molecule has 4 heteroatoms. The first-order chi connectivity index (χ1) is 8.58. The Morgan fingerprint density at radius 2 is 1.89 bits per heavy atom. The van der Waals surface area contributed by atoms with Crippen LogP contribution in [0, 0.1) is 6.92 Å². The number of amides is 1. The number of anilines is 1. The number of para-hydroxylation sites is 1. The van der Waals surface area contributed by atoms with Gasteiger partial charge in [0.2, 0.25) is 5.91 Å². The van der Waals surface area contributed by atoms with Crippen molar-refractivity contribution in [1.29, 1.82) is 0 Å². The lowest BCUT2D eigenvalue weighted by atomic mass is 10.2. The van der Waals surface area contributed by atoms with Crippen molar-refractivity contribution in [3.05, 3.63) is 53.6 Å². The first-order valence-corrected chi connectivity index (χ1v) is 5.51. The van der Waals surface area contributed by atoms with E-state index in [0.29, 0.717) is 22.7 Å². The van der Waals surface area contributed by atoms with Crippen LogP contribution in [0.3, 0.4) is 0 Å². The SMILES string of the molecule is Cc1cccc(Oc2cccc(C(N)=O)c2)c1N. The topological polar surface area (TPSA) is 78.3 Å². The van der Waals surface area contributed by atoms with Gasteiger partial charge in [0.25, 0.3) is 0 Å². The van der Waals surface area contributed by atoms with Gasteiger partial charge in [0.05, 0.1) is 5.69 Å². The van der Waals surface area contributed by atoms with E-state index in [1.807, 2.05) is 19.1 Å². The van der Waals surface area contributed by atoms with Gasteiger partial charge in [0.1, 0.15) is 5.75 Å². The third-order valence-electron chi connectivity index (χ3n) is 2.63. The minimum atomic E-state index is -0.488. The van der Waals surface area contributed by atoms with Crippen molar-refractivity contribution in [3.8, 4) is 11.5 Å². The molecule has 0 fully saturated rings. The predicted octanol–water partition coefficient (Wildman–Crippen LogP) is 2.47. The fourth-order valence-electron chi connectivity index (χ4n) is 1.58. The van der Waals surface area contributed by atoms with Gasteiger partial charge in [-0.2, -0.15) is 0 Å². The highest BCUT2D eigenvalue weighted by Gasteiger charge is 2.06. The molecule has 2 aromatic rings. The van der Waals surface area contributed by atoms with E-state index in [4.69, 9.17) is 16.2 Å². The highest BCUT2D eigenvalue weighted by molar-refractivity contribution is 5.93. The Morgan fingerprint density at radius 1 is 1.17 bits per heavy atom. The van der Waals surface area contributed by atoms with E-state index in [9.17, 15) is 4.79 Å². The summed E-state index contributed by atoms with van der Waals surface area (Å²) in [5.74, 6) is 0.609. The summed E-state index contributed by atoms with van der Waals surface area (Å²) in [5, 5.41) is 0. The summed E-state index contributed by atoms with van der Waals surface area (Å²) in [6.45, 7) is 1.90. The van der Waals surface area contributed by atoms with Gasteiger partial charge >= 0.3 is 0 Å². The molecule has 0 bridgehead atoms. The van der Waals surface area contributed by atoms with Gasteiger partial charge in [-0.05, 0) is 36.8 Å². The highest BCUT2D eigenvalue weighted by atomic mass is 16.5. The molecule has 0 radical (unpaired) electrons. The number of nitrogens with two attached hydrogens (primary N) is 2. The summed E-state index contributed by atoms with van der Waals surface area (Å²) >= 11 is 0. The van der Waals surface area contributed by atoms with Gasteiger partial charge in [-0.1, -0.05) is 18.2 Å². The summed E-state index contributed by atoms with van der Waals surface area (Å²) in [6, 6.07) is 12.2. The standard InChI is InChI=1S/C14H14N2O2/c1-9-4-2-7-12(13(9)15)18-11-6-3-5-10(8-11)14(16)17/h2-8H,15H2,1H3,(H2,16,17). The molecule has 0 heterocycles. The van der Waals surface area contributed by atoms with Crippen molar-refractivity contribution in [2.24, 2.45) is 5.73 Å². The fraction of sp³-hybridized carbons (Fsp3) is 0.0714. The summed E-state index contributed by atoms with van der Waals surface area (Å²) in [4.78, 5) is 11.1. The molecule has 0 spiro atoms. The fourth-order valence-corrected chi connectivity index (χ4v) is 1.58. The van der Waals surface area contributed by atoms with Crippen LogP contribution < -0.4 is 16.2 Å². The van der Waals surface area contributed by atoms with Crippen molar-refractivity contribution in [1.82, 2.24) is 0 Å². The number of aryl methyl sites for hydroxylation is 1. The lowest BCUT2D eigenvalue weighted by Crippen LogP contribution is -2.10. The Bertz CT molecular complexity index is 594. The van der Waals surface area contributed by atoms with Crippen molar-refractivity contribution in [3.63, 3.8) is 0 Å². The van der Waals surface area contributed by atoms with Gasteiger partial charge in [-0.25, -0.2) is 0 Å². The van der Waals surface area contributed by atoms with Crippen molar-refractivity contribution >= 4 is 11.6 Å². The van der Waals surface area contributed by atoms with Crippen LogP contribution in [0.4, 0.5) is 5.69 Å². The Morgan fingerprint density at radius 3 is 2.61 bits per heavy atom. The maximum absolute atomic E-state index is 11.1. The average molecular weight is 242 g/mol. The number of carbonyl (C=O) groups excluding carboxylic acids is 1. The van der Waals surface area contributed by atoms with Crippen molar-refractivity contribution < 1.29 is 9.53 Å². The normalized spacial score (nSPS) is 10.1. The predicted molar refractivity (Wildman–Crippen MR) is 70.6 cm³/mol. The molecule has 0 saturated carbocycles. The van der Waals surface area contributed by atoms with Crippen LogP contribution in [0.15, 0.2) is 42.5 Å². The summed E-state index contributed by atoms with van der Waals surface area (Å²) in [5.41, 5.74) is 13.1. The summed E-state index contributed by atoms with van der Waals surface area (Å²) in [6.07, 6.45) is 0. The third-order valence-corrected chi connectivity index (χ3v) is 2.63. The molecule has 0 saturated heterocycles. The first kappa shape index (κ1) is 12.0. The molecule has 0 aliphatic rings. The monoisotopic (exact) mass is 242 g/mol. The minimum Gasteiger partial charge on any atom is -0.455 e. The molecule has 0 aliphatic carbocycles. The number of nitrogen functional groups attached to an aromatic ring is 1. The van der Waals surface area contributed by atoms with E-state index >= 15 is 0 Å². The lowest BCUT2D eigenvalue weighted by Gasteiger charge is -2.10. The van der Waals surface area contributed by atoms with Crippen LogP contribution >= 0.6 is 0 Å². The molecule has 0 aromatic heterocycles. The summed E-state index contributed by atoms with van der Waals surface area (Å²) in [7, 11) is 0. The van der Waals surface area contributed by atoms with E-state index in [1.165, 1.54) is 0 Å². The number of carbonyl (C=O) groups is 1. The van der Waals surface area contributed by atoms with Crippen LogP contribution in [-0.2, 0) is 0 Å². The zero-order valence-electron chi connectivity index (χ0n) is 10.0. The van der Waals surface area contributed by atoms with Crippen LogP contribution in [0.5, 0.6) is 11.5 Å². The Hall–Kier alpha value is -2.49. The van der Waals surface area contributed by atoms with Gasteiger partial charge < -0.3 is 16.2 Å². The summed E-state index contributed by atoms with van der Waals surface area (Å²) < 4.78 is 5.65. The molecule has 2 aromatic carbocycles. The number of ether oxygens (including phenoxy) is 1. The Balaban J connectivity index is 2.31. The minimum absolute atomic E-state index is 0.402. The molecule has 0 aliphatic heterocycles. The smallest absolute Gasteiger partial charge is 0.248 e. The first-order valence-electron chi connectivity index (χ1n) is 5.51. The van der Waals surface area contributed by atoms with E-state index in [0.717, 1.165) is 5.56 Å². The maximum atomic E-state index is 11.1. The van der Waals surface area contributed by atoms with Gasteiger partial charge in [-0.15, -0.1) is 0 Å². The quantitative estimate of drug-likeness (QED) is 0.811. The van der Waals surface area contributed by atoms with Crippen LogP contribution in [0.25, 0.3) is 0 Å². The second kappa shape index (κ2) is 4.79. The number of primary amides is 1. The number of benzene rings is 2. The molecule has 0 unspecified atom stereocenters. The van der Waals surface area contributed by atoms with Gasteiger partial charge in [0.15, 0.2) is 5.75 Å². The van der Waals surface area contributed by atoms with E-state index in [-0.39, 0.29) is 0 Å². The van der Waals surface area contributed by atoms with Crippen LogP contribution in [-0.4, -0.2) is 5.91 Å². The molecular weight excluding hydrogens is 228 g/mol. The van der Waals surface area contributed by atoms with Crippen LogP contribution in [0.1, 0.15) is 15.9 Å². The molecule has 4 nitrogen and oxygen atoms in total. The number of rotatable bonds is 3. The largest absolute Gasteiger partial charge is 0.455 e. The van der Waals surface area contributed by atoms with Gasteiger partial charge in [0, 0.05) is 5.56 Å². The lowest BCUT2D eigenvalue weighted by molar-refractivity contribution is 0.1000. The van der Waals surface area contributed by atoms with Crippen molar-refractivity contribution in [2.45, 2.75) is 6.92 Å². The zero-order valence-corrected chi connectivity index (χ0v) is 10.0. The van der Waals surface area contributed by atoms with E-state index in [1.54, 1.807) is 30.3 Å². The van der Waals surface area contributed by atoms with Gasteiger partial charge in [-0.3, -0.25) is 4.79 Å². The maximum Gasteiger partial charge on any atom is 0.248 e. The molecule has 4 N–H and O–H groups in total.